The van der Waals surface area contributed by atoms with E-state index in [0.29, 0.717) is 30.8 Å². The molecular formula is C26H34N4O4. The highest BCUT2D eigenvalue weighted by atomic mass is 16.5. The van der Waals surface area contributed by atoms with Crippen LogP contribution in [0, 0.1) is 6.92 Å². The number of benzene rings is 1. The Morgan fingerprint density at radius 1 is 1.15 bits per heavy atom. The third-order valence-electron chi connectivity index (χ3n) is 6.15. The molecule has 34 heavy (non-hydrogen) atoms. The third-order valence-corrected chi connectivity index (χ3v) is 6.15. The number of carbonyl (C=O) groups excluding carboxylic acids is 3. The number of nitrogens with zero attached hydrogens (tertiary/aromatic N) is 1. The molecule has 0 aliphatic carbocycles. The van der Waals surface area contributed by atoms with Crippen molar-refractivity contribution in [1.29, 1.82) is 0 Å². The summed E-state index contributed by atoms with van der Waals surface area (Å²) in [6.07, 6.45) is 6.09. The number of aromatic nitrogens is 3. The second-order valence-electron chi connectivity index (χ2n) is 8.67. The molecule has 1 unspecified atom stereocenters. The minimum absolute atomic E-state index is 0.106. The molecule has 8 heteroatoms. The van der Waals surface area contributed by atoms with Crippen molar-refractivity contribution in [2.75, 3.05) is 7.11 Å². The molecule has 0 saturated heterocycles. The minimum Gasteiger partial charge on any atom is -0.497 e. The van der Waals surface area contributed by atoms with Crippen LogP contribution < -0.4 is 10.1 Å². The van der Waals surface area contributed by atoms with Crippen LogP contribution in [-0.4, -0.2) is 39.5 Å². The van der Waals surface area contributed by atoms with Gasteiger partial charge in [-0.25, -0.2) is 4.98 Å². The van der Waals surface area contributed by atoms with Crippen LogP contribution in [0.1, 0.15) is 86.0 Å². The Kier molecular flexibility index (Phi) is 8.62. The first kappa shape index (κ1) is 25.2. The maximum Gasteiger partial charge on any atom is 0.225 e. The van der Waals surface area contributed by atoms with Gasteiger partial charge in [0.15, 0.2) is 5.78 Å². The number of hydrogen-bond acceptors (Lipinski definition) is 5. The second-order valence-corrected chi connectivity index (χ2v) is 8.67. The fourth-order valence-electron chi connectivity index (χ4n) is 4.12. The van der Waals surface area contributed by atoms with Crippen molar-refractivity contribution < 1.29 is 19.1 Å². The lowest BCUT2D eigenvalue weighted by Gasteiger charge is -2.17. The van der Waals surface area contributed by atoms with E-state index in [1.807, 2.05) is 32.0 Å². The molecule has 1 aromatic carbocycles. The smallest absolute Gasteiger partial charge is 0.225 e. The van der Waals surface area contributed by atoms with Gasteiger partial charge >= 0.3 is 0 Å². The number of aryl methyl sites for hydroxylation is 1. The van der Waals surface area contributed by atoms with Crippen molar-refractivity contribution >= 4 is 28.4 Å². The number of fused-ring (bicyclic) bond motifs is 1. The van der Waals surface area contributed by atoms with Gasteiger partial charge in [0.2, 0.25) is 5.91 Å². The lowest BCUT2D eigenvalue weighted by atomic mass is 10.0. The molecule has 1 atom stereocenters. The van der Waals surface area contributed by atoms with Crippen molar-refractivity contribution in [3.05, 3.63) is 47.2 Å². The van der Waals surface area contributed by atoms with E-state index >= 15 is 0 Å². The van der Waals surface area contributed by atoms with E-state index in [4.69, 9.17) is 4.74 Å². The van der Waals surface area contributed by atoms with Crippen molar-refractivity contribution in [2.24, 2.45) is 0 Å². The molecule has 3 rings (SSSR count). The fraction of sp³-hybridized carbons (Fsp3) is 0.462. The molecule has 0 radical (unpaired) electrons. The summed E-state index contributed by atoms with van der Waals surface area (Å²) < 4.78 is 5.35. The first-order valence-electron chi connectivity index (χ1n) is 11.8. The maximum absolute atomic E-state index is 13.1. The molecular weight excluding hydrogens is 432 g/mol. The Hall–Kier alpha value is -3.42. The second kappa shape index (κ2) is 11.6. The monoisotopic (exact) mass is 466 g/mol. The number of H-pyrrole nitrogens is 2. The number of amides is 1. The summed E-state index contributed by atoms with van der Waals surface area (Å²) in [5, 5.41) is 4.06. The molecule has 0 fully saturated rings. The minimum atomic E-state index is -0.345. The number of imidazole rings is 1. The number of Topliss-reactive ketones (excluding diaryl/α,β-unsaturated/α-hetero) is 2. The first-order valence-corrected chi connectivity index (χ1v) is 11.8. The van der Waals surface area contributed by atoms with Gasteiger partial charge in [-0.15, -0.1) is 0 Å². The highest BCUT2D eigenvalue weighted by molar-refractivity contribution is 5.92. The molecule has 8 nitrogen and oxygen atoms in total. The zero-order valence-electron chi connectivity index (χ0n) is 20.4. The molecule has 2 heterocycles. The topological polar surface area (TPSA) is 117 Å². The van der Waals surface area contributed by atoms with E-state index in [1.54, 1.807) is 7.11 Å². The van der Waals surface area contributed by atoms with E-state index in [9.17, 15) is 14.4 Å². The molecule has 1 amide bonds. The Morgan fingerprint density at radius 3 is 2.62 bits per heavy atom. The Labute approximate surface area is 199 Å². The molecule has 0 saturated carbocycles. The van der Waals surface area contributed by atoms with Gasteiger partial charge in [0.05, 0.1) is 25.8 Å². The van der Waals surface area contributed by atoms with Gasteiger partial charge in [-0.1, -0.05) is 19.8 Å². The number of hydrogen-bond donors (Lipinski definition) is 3. The van der Waals surface area contributed by atoms with Gasteiger partial charge in [0, 0.05) is 36.4 Å². The van der Waals surface area contributed by atoms with Gasteiger partial charge in [0.1, 0.15) is 23.1 Å². The molecule has 0 aliphatic heterocycles. The van der Waals surface area contributed by atoms with E-state index in [0.717, 1.165) is 47.2 Å². The predicted octanol–water partition coefficient (Wildman–Crippen LogP) is 4.74. The number of methoxy groups -OCH3 is 1. The van der Waals surface area contributed by atoms with Crippen molar-refractivity contribution in [3.8, 4) is 5.75 Å². The zero-order valence-corrected chi connectivity index (χ0v) is 20.4. The normalized spacial score (nSPS) is 12.0. The number of nitrogens with one attached hydrogen (secondary N) is 3. The van der Waals surface area contributed by atoms with Gasteiger partial charge in [0.25, 0.3) is 0 Å². The lowest BCUT2D eigenvalue weighted by Crippen LogP contribution is -2.30. The maximum atomic E-state index is 13.1. The zero-order chi connectivity index (χ0) is 24.7. The summed E-state index contributed by atoms with van der Waals surface area (Å²) in [4.78, 5) is 47.1. The quantitative estimate of drug-likeness (QED) is 0.248. The Bertz CT molecular complexity index is 1160. The van der Waals surface area contributed by atoms with Crippen LogP contribution in [0.2, 0.25) is 0 Å². The van der Waals surface area contributed by atoms with Gasteiger partial charge in [-0.05, 0) is 43.5 Å². The summed E-state index contributed by atoms with van der Waals surface area (Å²) >= 11 is 0. The molecule has 2 aromatic heterocycles. The van der Waals surface area contributed by atoms with E-state index in [-0.39, 0.29) is 29.9 Å². The van der Waals surface area contributed by atoms with Crippen molar-refractivity contribution in [3.63, 3.8) is 0 Å². The Balaban J connectivity index is 1.71. The number of aromatic amines is 2. The summed E-state index contributed by atoms with van der Waals surface area (Å²) in [5.41, 5.74) is 3.23. The molecule has 0 aliphatic rings. The van der Waals surface area contributed by atoms with Crippen LogP contribution >= 0.6 is 0 Å². The fourth-order valence-corrected chi connectivity index (χ4v) is 4.12. The molecule has 3 N–H and O–H groups in total. The van der Waals surface area contributed by atoms with Crippen LogP contribution in [0.3, 0.4) is 0 Å². The van der Waals surface area contributed by atoms with Gasteiger partial charge < -0.3 is 20.0 Å². The number of ether oxygens (including phenoxy) is 1. The summed E-state index contributed by atoms with van der Waals surface area (Å²) in [6, 6.07) is 5.42. The summed E-state index contributed by atoms with van der Waals surface area (Å²) in [7, 11) is 1.62. The van der Waals surface area contributed by atoms with Gasteiger partial charge in [-0.2, -0.15) is 0 Å². The van der Waals surface area contributed by atoms with Gasteiger partial charge in [-0.3, -0.25) is 14.4 Å². The molecule has 0 spiro atoms. The molecule has 0 bridgehead atoms. The SMILES string of the molecule is CCC(=O)CCCCCC(NC(=O)Cc1c(C)[nH]c2ccc(OC)cc12)c1ncc(C(C)=O)[nH]1. The average Bonchev–Trinajstić information content (AvgIpc) is 3.43. The summed E-state index contributed by atoms with van der Waals surface area (Å²) in [6.45, 7) is 5.31. The third kappa shape index (κ3) is 6.34. The standard InChI is InChI=1S/C26H34N4O4/c1-5-18(32)9-7-6-8-10-23(26-27-15-24(30-26)17(3)31)29-25(33)14-20-16(2)28-22-12-11-19(34-4)13-21(20)22/h11-13,15,23,28H,5-10,14H2,1-4H3,(H,27,30)(H,29,33). The number of unbranched alkanes of at least 4 members (excludes halogenated alkanes) is 2. The highest BCUT2D eigenvalue weighted by Gasteiger charge is 2.20. The van der Waals surface area contributed by atoms with E-state index < -0.39 is 0 Å². The molecule has 182 valence electrons. The van der Waals surface area contributed by atoms with E-state index in [1.165, 1.54) is 13.1 Å². The number of rotatable bonds is 13. The van der Waals surface area contributed by atoms with E-state index in [2.05, 4.69) is 20.3 Å². The van der Waals surface area contributed by atoms with Crippen molar-refractivity contribution in [2.45, 2.75) is 71.8 Å². The van der Waals surface area contributed by atoms with Crippen LogP contribution in [-0.2, 0) is 16.0 Å². The highest BCUT2D eigenvalue weighted by Crippen LogP contribution is 2.27. The predicted molar refractivity (Wildman–Crippen MR) is 131 cm³/mol. The van der Waals surface area contributed by atoms with Crippen LogP contribution in [0.15, 0.2) is 24.4 Å². The largest absolute Gasteiger partial charge is 0.497 e. The van der Waals surface area contributed by atoms with Crippen LogP contribution in [0.5, 0.6) is 5.75 Å². The number of carbonyl (C=O) groups is 3. The van der Waals surface area contributed by atoms with Crippen molar-refractivity contribution in [1.82, 2.24) is 20.3 Å². The Morgan fingerprint density at radius 2 is 1.94 bits per heavy atom. The van der Waals surface area contributed by atoms with Crippen LogP contribution in [0.25, 0.3) is 10.9 Å². The summed E-state index contributed by atoms with van der Waals surface area (Å²) in [5.74, 6) is 1.34. The lowest BCUT2D eigenvalue weighted by molar-refractivity contribution is -0.121. The average molecular weight is 467 g/mol. The first-order chi connectivity index (χ1) is 16.3. The number of ketones is 2. The van der Waals surface area contributed by atoms with Crippen LogP contribution in [0.4, 0.5) is 0 Å². The molecule has 3 aromatic rings.